The number of carbonyl (C=O) groups excluding carboxylic acids is 2. The Hall–Kier alpha value is -1.88. The molecule has 2 atom stereocenters. The molecule has 22 heavy (non-hydrogen) atoms. The van der Waals surface area contributed by atoms with Crippen LogP contribution in [0.1, 0.15) is 37.3 Å². The van der Waals surface area contributed by atoms with E-state index in [4.69, 9.17) is 0 Å². The maximum atomic E-state index is 12.0. The fraction of sp³-hybridized carbons (Fsp3) is 0.529. The molecule has 5 heteroatoms. The van der Waals surface area contributed by atoms with Crippen LogP contribution in [-0.2, 0) is 4.79 Å². The van der Waals surface area contributed by atoms with E-state index in [1.807, 2.05) is 32.0 Å². The second-order valence-corrected chi connectivity index (χ2v) is 6.23. The smallest absolute Gasteiger partial charge is 0.325 e. The summed E-state index contributed by atoms with van der Waals surface area (Å²) in [6, 6.07) is 5.75. The van der Waals surface area contributed by atoms with E-state index >= 15 is 0 Å². The minimum atomic E-state index is -0.456. The molecular weight excluding hydrogens is 278 g/mol. The van der Waals surface area contributed by atoms with Crippen molar-refractivity contribution in [1.29, 1.82) is 0 Å². The molecule has 1 saturated heterocycles. The fourth-order valence-electron chi connectivity index (χ4n) is 2.93. The van der Waals surface area contributed by atoms with E-state index in [2.05, 4.69) is 17.6 Å². The molecule has 1 heterocycles. The van der Waals surface area contributed by atoms with Gasteiger partial charge in [0.15, 0.2) is 6.54 Å². The molecule has 0 spiro atoms. The van der Waals surface area contributed by atoms with E-state index in [1.54, 1.807) is 0 Å². The highest BCUT2D eigenvalue weighted by Gasteiger charge is 2.24. The number of urea groups is 1. The SMILES string of the molecule is Cc1cccc(NC(=O)NC(=O)C[NH+]2CCCC[C@H]2C)c1C. The summed E-state index contributed by atoms with van der Waals surface area (Å²) in [6.07, 6.45) is 3.54. The van der Waals surface area contributed by atoms with Crippen molar-refractivity contribution in [1.82, 2.24) is 5.32 Å². The maximum Gasteiger partial charge on any atom is 0.326 e. The predicted molar refractivity (Wildman–Crippen MR) is 87.1 cm³/mol. The third-order valence-corrected chi connectivity index (χ3v) is 4.58. The fourth-order valence-corrected chi connectivity index (χ4v) is 2.93. The summed E-state index contributed by atoms with van der Waals surface area (Å²) >= 11 is 0. The molecule has 120 valence electrons. The van der Waals surface area contributed by atoms with Crippen molar-refractivity contribution in [3.63, 3.8) is 0 Å². The van der Waals surface area contributed by atoms with Crippen molar-refractivity contribution < 1.29 is 14.5 Å². The molecule has 0 aromatic heterocycles. The lowest BCUT2D eigenvalue weighted by Gasteiger charge is -2.29. The molecular formula is C17H26N3O2+. The Bertz CT molecular complexity index is 557. The van der Waals surface area contributed by atoms with Gasteiger partial charge in [-0.25, -0.2) is 4.79 Å². The third-order valence-electron chi connectivity index (χ3n) is 4.58. The number of aryl methyl sites for hydroxylation is 1. The Labute approximate surface area is 132 Å². The highest BCUT2D eigenvalue weighted by atomic mass is 16.2. The summed E-state index contributed by atoms with van der Waals surface area (Å²) in [6.45, 7) is 7.48. The van der Waals surface area contributed by atoms with Crippen molar-refractivity contribution in [3.05, 3.63) is 29.3 Å². The van der Waals surface area contributed by atoms with E-state index in [0.29, 0.717) is 12.6 Å². The van der Waals surface area contributed by atoms with Gasteiger partial charge in [0.2, 0.25) is 0 Å². The number of amides is 3. The molecule has 1 aliphatic rings. The number of nitrogens with one attached hydrogen (secondary N) is 3. The molecule has 1 aromatic carbocycles. The molecule has 0 saturated carbocycles. The zero-order chi connectivity index (χ0) is 16.1. The van der Waals surface area contributed by atoms with Crippen LogP contribution in [-0.4, -0.2) is 31.1 Å². The first-order valence-corrected chi connectivity index (χ1v) is 7.99. The van der Waals surface area contributed by atoms with Crippen molar-refractivity contribution >= 4 is 17.6 Å². The first-order chi connectivity index (χ1) is 10.5. The number of hydrogen-bond acceptors (Lipinski definition) is 2. The molecule has 1 aromatic rings. The minimum Gasteiger partial charge on any atom is -0.325 e. The lowest BCUT2D eigenvalue weighted by Crippen LogP contribution is -3.17. The molecule has 2 rings (SSSR count). The number of hydrogen-bond donors (Lipinski definition) is 3. The van der Waals surface area contributed by atoms with Crippen LogP contribution in [0, 0.1) is 13.8 Å². The van der Waals surface area contributed by atoms with E-state index < -0.39 is 6.03 Å². The monoisotopic (exact) mass is 304 g/mol. The van der Waals surface area contributed by atoms with Gasteiger partial charge < -0.3 is 10.2 Å². The summed E-state index contributed by atoms with van der Waals surface area (Å²) in [5.74, 6) is -0.216. The Balaban J connectivity index is 1.86. The largest absolute Gasteiger partial charge is 0.326 e. The number of benzene rings is 1. The van der Waals surface area contributed by atoms with Crippen molar-refractivity contribution in [3.8, 4) is 0 Å². The van der Waals surface area contributed by atoms with Crippen LogP contribution >= 0.6 is 0 Å². The Morgan fingerprint density at radius 3 is 2.77 bits per heavy atom. The van der Waals surface area contributed by atoms with Gasteiger partial charge in [-0.3, -0.25) is 10.1 Å². The van der Waals surface area contributed by atoms with Gasteiger partial charge in [-0.05, 0) is 57.2 Å². The zero-order valence-corrected chi connectivity index (χ0v) is 13.7. The van der Waals surface area contributed by atoms with Crippen molar-refractivity contribution in [2.75, 3.05) is 18.4 Å². The van der Waals surface area contributed by atoms with E-state index in [9.17, 15) is 9.59 Å². The van der Waals surface area contributed by atoms with E-state index in [0.717, 1.165) is 36.2 Å². The van der Waals surface area contributed by atoms with Gasteiger partial charge in [0.05, 0.1) is 12.6 Å². The van der Waals surface area contributed by atoms with Crippen LogP contribution in [0.3, 0.4) is 0 Å². The minimum absolute atomic E-state index is 0.216. The first-order valence-electron chi connectivity index (χ1n) is 7.99. The molecule has 0 aliphatic carbocycles. The molecule has 1 fully saturated rings. The second kappa shape index (κ2) is 7.40. The Kier molecular flexibility index (Phi) is 5.55. The predicted octanol–water partition coefficient (Wildman–Crippen LogP) is 1.41. The quantitative estimate of drug-likeness (QED) is 0.790. The summed E-state index contributed by atoms with van der Waals surface area (Å²) < 4.78 is 0. The van der Waals surface area contributed by atoms with E-state index in [-0.39, 0.29) is 5.91 Å². The van der Waals surface area contributed by atoms with Crippen LogP contribution < -0.4 is 15.5 Å². The van der Waals surface area contributed by atoms with Gasteiger partial charge in [-0.2, -0.15) is 0 Å². The Morgan fingerprint density at radius 1 is 1.27 bits per heavy atom. The molecule has 3 amide bonds. The van der Waals surface area contributed by atoms with Crippen molar-refractivity contribution in [2.24, 2.45) is 0 Å². The zero-order valence-electron chi connectivity index (χ0n) is 13.7. The number of imide groups is 1. The lowest BCUT2D eigenvalue weighted by molar-refractivity contribution is -0.920. The van der Waals surface area contributed by atoms with Gasteiger partial charge in [0, 0.05) is 5.69 Å². The van der Waals surface area contributed by atoms with Gasteiger partial charge in [-0.1, -0.05) is 12.1 Å². The molecule has 3 N–H and O–H groups in total. The number of carbonyl (C=O) groups is 2. The van der Waals surface area contributed by atoms with Crippen LogP contribution in [0.4, 0.5) is 10.5 Å². The number of piperidine rings is 1. The standard InChI is InChI=1S/C17H25N3O2/c1-12-7-6-9-15(14(12)3)18-17(22)19-16(21)11-20-10-5-4-8-13(20)2/h6-7,9,13H,4-5,8,10-11H2,1-3H3,(H2,18,19,21,22)/p+1/t13-/m1/s1. The van der Waals surface area contributed by atoms with Crippen LogP contribution in [0.25, 0.3) is 0 Å². The van der Waals surface area contributed by atoms with E-state index in [1.165, 1.54) is 11.3 Å². The summed E-state index contributed by atoms with van der Waals surface area (Å²) in [5, 5.41) is 5.18. The van der Waals surface area contributed by atoms with Gasteiger partial charge in [0.1, 0.15) is 0 Å². The highest BCUT2D eigenvalue weighted by molar-refractivity contribution is 6.01. The lowest BCUT2D eigenvalue weighted by atomic mass is 10.0. The average Bonchev–Trinajstić information content (AvgIpc) is 2.46. The van der Waals surface area contributed by atoms with Gasteiger partial charge in [-0.15, -0.1) is 0 Å². The molecule has 0 bridgehead atoms. The van der Waals surface area contributed by atoms with Gasteiger partial charge >= 0.3 is 6.03 Å². The Morgan fingerprint density at radius 2 is 2.05 bits per heavy atom. The molecule has 1 aliphatic heterocycles. The third kappa shape index (κ3) is 4.31. The highest BCUT2D eigenvalue weighted by Crippen LogP contribution is 2.17. The topological polar surface area (TPSA) is 62.6 Å². The number of quaternary nitrogens is 1. The summed E-state index contributed by atoms with van der Waals surface area (Å²) in [4.78, 5) is 25.2. The number of likely N-dealkylation sites (tertiary alicyclic amines) is 1. The number of anilines is 1. The van der Waals surface area contributed by atoms with Gasteiger partial charge in [0.25, 0.3) is 5.91 Å². The molecule has 1 unspecified atom stereocenters. The number of rotatable bonds is 3. The molecule has 0 radical (unpaired) electrons. The van der Waals surface area contributed by atoms with Crippen LogP contribution in [0.5, 0.6) is 0 Å². The molecule has 5 nitrogen and oxygen atoms in total. The normalized spacial score (nSPS) is 21.2. The van der Waals surface area contributed by atoms with Crippen LogP contribution in [0.15, 0.2) is 18.2 Å². The summed E-state index contributed by atoms with van der Waals surface area (Å²) in [5.41, 5.74) is 2.86. The summed E-state index contributed by atoms with van der Waals surface area (Å²) in [7, 11) is 0. The van der Waals surface area contributed by atoms with Crippen LogP contribution in [0.2, 0.25) is 0 Å². The maximum absolute atomic E-state index is 12.0. The van der Waals surface area contributed by atoms with Crippen molar-refractivity contribution in [2.45, 2.75) is 46.1 Å². The second-order valence-electron chi connectivity index (χ2n) is 6.23. The average molecular weight is 304 g/mol. The first kappa shape index (κ1) is 16.5.